The number of hydrogen-bond acceptors (Lipinski definition) is 3. The summed E-state index contributed by atoms with van der Waals surface area (Å²) >= 11 is 5.77. The third kappa shape index (κ3) is 3.83. The van der Waals surface area contributed by atoms with E-state index in [-0.39, 0.29) is 10.9 Å². The van der Waals surface area contributed by atoms with Gasteiger partial charge in [0.2, 0.25) is 0 Å². The zero-order valence-corrected chi connectivity index (χ0v) is 15.1. The second-order valence-corrected chi connectivity index (χ2v) is 6.28. The molecule has 1 amide bonds. The van der Waals surface area contributed by atoms with E-state index in [9.17, 15) is 9.18 Å². The van der Waals surface area contributed by atoms with Crippen molar-refractivity contribution in [3.63, 3.8) is 0 Å². The Kier molecular flexibility index (Phi) is 5.19. The van der Waals surface area contributed by atoms with Crippen LogP contribution >= 0.6 is 11.6 Å². The number of rotatable bonds is 4. The van der Waals surface area contributed by atoms with Crippen LogP contribution in [0.25, 0.3) is 0 Å². The van der Waals surface area contributed by atoms with E-state index in [1.807, 2.05) is 32.0 Å². The summed E-state index contributed by atoms with van der Waals surface area (Å²) in [6, 6.07) is 13.3. The molecule has 6 heteroatoms. The van der Waals surface area contributed by atoms with Crippen LogP contribution in [-0.4, -0.2) is 10.9 Å². The first-order valence-electron chi connectivity index (χ1n) is 8.00. The second kappa shape index (κ2) is 7.54. The first-order chi connectivity index (χ1) is 12.5. The molecule has 0 spiro atoms. The molecule has 1 aromatic heterocycles. The smallest absolute Gasteiger partial charge is 0.259 e. The van der Waals surface area contributed by atoms with E-state index >= 15 is 0 Å². The van der Waals surface area contributed by atoms with Crippen LogP contribution in [0.1, 0.15) is 21.5 Å². The van der Waals surface area contributed by atoms with Crippen molar-refractivity contribution in [1.29, 1.82) is 0 Å². The maximum absolute atomic E-state index is 13.3. The van der Waals surface area contributed by atoms with Crippen LogP contribution in [0.5, 0.6) is 0 Å². The molecule has 3 aromatic rings. The number of carbonyl (C=O) groups is 1. The van der Waals surface area contributed by atoms with Crippen molar-refractivity contribution in [3.8, 4) is 0 Å². The van der Waals surface area contributed by atoms with Gasteiger partial charge in [0.25, 0.3) is 5.91 Å². The maximum Gasteiger partial charge on any atom is 0.259 e. The highest BCUT2D eigenvalue weighted by Crippen LogP contribution is 2.26. The molecule has 0 aliphatic rings. The summed E-state index contributed by atoms with van der Waals surface area (Å²) < 4.78 is 13.3. The SMILES string of the molecule is Cc1cccc(C)c1Nc1ncccc1C(=O)Nc1ccc(F)c(Cl)c1. The van der Waals surface area contributed by atoms with Gasteiger partial charge in [-0.05, 0) is 55.3 Å². The number of hydrogen-bond donors (Lipinski definition) is 2. The van der Waals surface area contributed by atoms with Crippen molar-refractivity contribution in [1.82, 2.24) is 4.98 Å². The monoisotopic (exact) mass is 369 g/mol. The Balaban J connectivity index is 1.89. The van der Waals surface area contributed by atoms with Gasteiger partial charge in [-0.15, -0.1) is 0 Å². The number of carbonyl (C=O) groups excluding carboxylic acids is 1. The minimum absolute atomic E-state index is 0.0529. The normalized spacial score (nSPS) is 10.5. The van der Waals surface area contributed by atoms with Crippen LogP contribution in [0, 0.1) is 19.7 Å². The summed E-state index contributed by atoms with van der Waals surface area (Å²) in [6.45, 7) is 3.97. The second-order valence-electron chi connectivity index (χ2n) is 5.87. The van der Waals surface area contributed by atoms with Gasteiger partial charge in [-0.1, -0.05) is 29.8 Å². The predicted octanol–water partition coefficient (Wildman–Crippen LogP) is 5.49. The van der Waals surface area contributed by atoms with Gasteiger partial charge in [-0.25, -0.2) is 9.37 Å². The van der Waals surface area contributed by atoms with Crippen LogP contribution in [-0.2, 0) is 0 Å². The Morgan fingerprint density at radius 1 is 1.08 bits per heavy atom. The predicted molar refractivity (Wildman–Crippen MR) is 103 cm³/mol. The highest BCUT2D eigenvalue weighted by molar-refractivity contribution is 6.31. The Morgan fingerprint density at radius 2 is 1.81 bits per heavy atom. The van der Waals surface area contributed by atoms with Crippen molar-refractivity contribution < 1.29 is 9.18 Å². The van der Waals surface area contributed by atoms with E-state index in [1.165, 1.54) is 18.2 Å². The Hall–Kier alpha value is -2.92. The van der Waals surface area contributed by atoms with E-state index in [0.717, 1.165) is 16.8 Å². The molecule has 26 heavy (non-hydrogen) atoms. The third-order valence-electron chi connectivity index (χ3n) is 3.95. The minimum atomic E-state index is -0.538. The van der Waals surface area contributed by atoms with E-state index in [1.54, 1.807) is 18.3 Å². The lowest BCUT2D eigenvalue weighted by atomic mass is 10.1. The van der Waals surface area contributed by atoms with Gasteiger partial charge in [0, 0.05) is 17.6 Å². The molecule has 0 radical (unpaired) electrons. The Labute approximate surface area is 156 Å². The van der Waals surface area contributed by atoms with Gasteiger partial charge in [-0.2, -0.15) is 0 Å². The number of anilines is 3. The number of para-hydroxylation sites is 1. The van der Waals surface area contributed by atoms with Crippen molar-refractivity contribution in [2.45, 2.75) is 13.8 Å². The number of benzene rings is 2. The summed E-state index contributed by atoms with van der Waals surface area (Å²) in [7, 11) is 0. The van der Waals surface area contributed by atoms with E-state index in [0.29, 0.717) is 17.1 Å². The average Bonchev–Trinajstić information content (AvgIpc) is 2.62. The van der Waals surface area contributed by atoms with E-state index < -0.39 is 5.82 Å². The third-order valence-corrected chi connectivity index (χ3v) is 4.24. The standard InChI is InChI=1S/C20H17ClFN3O/c1-12-5-3-6-13(2)18(12)25-19-15(7-4-10-23-19)20(26)24-14-8-9-17(22)16(21)11-14/h3-11H,1-2H3,(H,23,25)(H,24,26). The lowest BCUT2D eigenvalue weighted by Gasteiger charge is -2.15. The van der Waals surface area contributed by atoms with Crippen molar-refractivity contribution in [3.05, 3.63) is 82.3 Å². The highest BCUT2D eigenvalue weighted by Gasteiger charge is 2.15. The van der Waals surface area contributed by atoms with Gasteiger partial charge >= 0.3 is 0 Å². The minimum Gasteiger partial charge on any atom is -0.339 e. The fraction of sp³-hybridized carbons (Fsp3) is 0.100. The van der Waals surface area contributed by atoms with Gasteiger partial charge < -0.3 is 10.6 Å². The summed E-state index contributed by atoms with van der Waals surface area (Å²) in [5.41, 5.74) is 3.78. The number of aryl methyl sites for hydroxylation is 2. The molecule has 0 aliphatic heterocycles. The molecule has 0 unspecified atom stereocenters. The molecule has 0 aliphatic carbocycles. The zero-order valence-electron chi connectivity index (χ0n) is 14.3. The molecule has 4 nitrogen and oxygen atoms in total. The molecule has 132 valence electrons. The summed E-state index contributed by atoms with van der Waals surface area (Å²) in [6.07, 6.45) is 1.61. The lowest BCUT2D eigenvalue weighted by molar-refractivity contribution is 0.102. The number of halogens is 2. The number of nitrogens with one attached hydrogen (secondary N) is 2. The molecule has 0 bridgehead atoms. The number of pyridine rings is 1. The summed E-state index contributed by atoms with van der Waals surface area (Å²) in [4.78, 5) is 17.0. The quantitative estimate of drug-likeness (QED) is 0.639. The van der Waals surface area contributed by atoms with E-state index in [4.69, 9.17) is 11.6 Å². The van der Waals surface area contributed by atoms with Gasteiger partial charge in [0.1, 0.15) is 11.6 Å². The van der Waals surface area contributed by atoms with Crippen LogP contribution < -0.4 is 10.6 Å². The molecular weight excluding hydrogens is 353 g/mol. The van der Waals surface area contributed by atoms with Crippen LogP contribution in [0.3, 0.4) is 0 Å². The number of aromatic nitrogens is 1. The molecule has 0 fully saturated rings. The zero-order chi connectivity index (χ0) is 18.7. The van der Waals surface area contributed by atoms with E-state index in [2.05, 4.69) is 15.6 Å². The fourth-order valence-corrected chi connectivity index (χ4v) is 2.77. The van der Waals surface area contributed by atoms with Gasteiger partial charge in [0.15, 0.2) is 0 Å². The first kappa shape index (κ1) is 17.9. The largest absolute Gasteiger partial charge is 0.339 e. The lowest BCUT2D eigenvalue weighted by Crippen LogP contribution is -2.15. The van der Waals surface area contributed by atoms with Crippen LogP contribution in [0.2, 0.25) is 5.02 Å². The van der Waals surface area contributed by atoms with Crippen LogP contribution in [0.15, 0.2) is 54.7 Å². The molecule has 2 N–H and O–H groups in total. The number of amides is 1. The highest BCUT2D eigenvalue weighted by atomic mass is 35.5. The van der Waals surface area contributed by atoms with Gasteiger partial charge in [-0.3, -0.25) is 4.79 Å². The molecular formula is C20H17ClFN3O. The summed E-state index contributed by atoms with van der Waals surface area (Å²) in [5, 5.41) is 5.90. The average molecular weight is 370 g/mol. The molecule has 0 saturated carbocycles. The molecule has 2 aromatic carbocycles. The fourth-order valence-electron chi connectivity index (χ4n) is 2.59. The molecule has 0 saturated heterocycles. The Morgan fingerprint density at radius 3 is 2.50 bits per heavy atom. The van der Waals surface area contributed by atoms with Crippen molar-refractivity contribution >= 4 is 34.7 Å². The van der Waals surface area contributed by atoms with Crippen molar-refractivity contribution in [2.24, 2.45) is 0 Å². The summed E-state index contributed by atoms with van der Waals surface area (Å²) in [5.74, 6) is -0.464. The number of nitrogens with zero attached hydrogens (tertiary/aromatic N) is 1. The van der Waals surface area contributed by atoms with Crippen molar-refractivity contribution in [2.75, 3.05) is 10.6 Å². The molecule has 0 atom stereocenters. The molecule has 1 heterocycles. The molecule has 3 rings (SSSR count). The van der Waals surface area contributed by atoms with Gasteiger partial charge in [0.05, 0.1) is 10.6 Å². The first-order valence-corrected chi connectivity index (χ1v) is 8.38. The van der Waals surface area contributed by atoms with Crippen LogP contribution in [0.4, 0.5) is 21.6 Å². The Bertz CT molecular complexity index is 955. The maximum atomic E-state index is 13.3. The topological polar surface area (TPSA) is 54.0 Å².